The van der Waals surface area contributed by atoms with Crippen LogP contribution in [0, 0.1) is 5.41 Å². The minimum atomic E-state index is -4.27. The van der Waals surface area contributed by atoms with Crippen molar-refractivity contribution in [2.45, 2.75) is 30.4 Å². The lowest BCUT2D eigenvalue weighted by Gasteiger charge is -2.27. The van der Waals surface area contributed by atoms with Crippen LogP contribution in [-0.2, 0) is 32.7 Å². The van der Waals surface area contributed by atoms with Gasteiger partial charge in [-0.25, -0.2) is 8.42 Å². The number of carbonyl (C=O) groups is 2. The molecular formula is C30H31N5O5S2. The molecule has 10 nitrogen and oxygen atoms in total. The number of ether oxygens (including phenoxy) is 1. The van der Waals surface area contributed by atoms with Crippen LogP contribution >= 0.6 is 11.3 Å². The summed E-state index contributed by atoms with van der Waals surface area (Å²) in [6.07, 6.45) is 0.231. The van der Waals surface area contributed by atoms with Gasteiger partial charge in [-0.1, -0.05) is 42.5 Å². The Morgan fingerprint density at radius 1 is 1.10 bits per heavy atom. The second-order valence-corrected chi connectivity index (χ2v) is 12.8. The molecule has 0 unspecified atom stereocenters. The first-order chi connectivity index (χ1) is 20.2. The van der Waals surface area contributed by atoms with Crippen molar-refractivity contribution in [1.82, 2.24) is 14.5 Å². The highest BCUT2D eigenvalue weighted by Gasteiger charge is 2.43. The molecular weight excluding hydrogens is 574 g/mol. The topological polar surface area (TPSA) is 146 Å². The van der Waals surface area contributed by atoms with Crippen molar-refractivity contribution in [3.05, 3.63) is 94.2 Å². The van der Waals surface area contributed by atoms with Crippen molar-refractivity contribution in [2.24, 2.45) is 5.73 Å². The van der Waals surface area contributed by atoms with Crippen molar-refractivity contribution < 1.29 is 22.7 Å². The van der Waals surface area contributed by atoms with Crippen LogP contribution in [0.4, 0.5) is 0 Å². The Morgan fingerprint density at radius 3 is 2.57 bits per heavy atom. The van der Waals surface area contributed by atoms with Gasteiger partial charge in [-0.15, -0.1) is 11.3 Å². The van der Waals surface area contributed by atoms with Crippen LogP contribution in [0.3, 0.4) is 0 Å². The number of sulfonamides is 1. The zero-order valence-electron chi connectivity index (χ0n) is 22.9. The lowest BCUT2D eigenvalue weighted by Crippen LogP contribution is -2.49. The second kappa shape index (κ2) is 12.3. The molecule has 3 aromatic carbocycles. The molecule has 0 saturated carbocycles. The molecule has 12 heteroatoms. The number of nitrogen functional groups attached to an aromatic ring is 1. The highest BCUT2D eigenvalue weighted by Crippen LogP contribution is 2.29. The first-order valence-corrected chi connectivity index (χ1v) is 15.6. The van der Waals surface area contributed by atoms with Crippen molar-refractivity contribution in [2.75, 3.05) is 20.2 Å². The lowest BCUT2D eigenvalue weighted by molar-refractivity contribution is -0.131. The summed E-state index contributed by atoms with van der Waals surface area (Å²) >= 11 is 1.31. The van der Waals surface area contributed by atoms with Gasteiger partial charge in [0.2, 0.25) is 21.8 Å². The van der Waals surface area contributed by atoms with Crippen molar-refractivity contribution in [1.29, 1.82) is 5.41 Å². The standard InChI is InChI=1S/C30H31N5O5S2/c1-40-24-9-7-22-8-10-25(15-23(22)14-24)42(38,39)35(18-28(36)33-16-20-5-3-2-4-6-20)26-11-12-34(30(26)37)17-21-13-27(29(31)32)41-19-21/h2-10,13-15,19,26H,11-12,16-18H2,1H3,(H3,31,32)(H,33,36)/t26-/m0/s1. The normalized spacial score (nSPS) is 15.3. The van der Waals surface area contributed by atoms with E-state index in [0.29, 0.717) is 22.6 Å². The van der Waals surface area contributed by atoms with Crippen LogP contribution in [-0.4, -0.2) is 61.5 Å². The van der Waals surface area contributed by atoms with Gasteiger partial charge >= 0.3 is 0 Å². The van der Waals surface area contributed by atoms with Gasteiger partial charge in [0.05, 0.1) is 23.4 Å². The van der Waals surface area contributed by atoms with E-state index < -0.39 is 28.5 Å². The summed E-state index contributed by atoms with van der Waals surface area (Å²) in [5.41, 5.74) is 7.25. The Morgan fingerprint density at radius 2 is 1.86 bits per heavy atom. The molecule has 0 spiro atoms. The number of fused-ring (bicyclic) bond motifs is 1. The van der Waals surface area contributed by atoms with Gasteiger partial charge in [-0.2, -0.15) is 4.31 Å². The maximum Gasteiger partial charge on any atom is 0.244 e. The molecule has 42 heavy (non-hydrogen) atoms. The average molecular weight is 606 g/mol. The number of likely N-dealkylation sites (tertiary alicyclic amines) is 1. The molecule has 1 atom stereocenters. The van der Waals surface area contributed by atoms with E-state index in [0.717, 1.165) is 20.8 Å². The number of benzene rings is 3. The number of amides is 2. The quantitative estimate of drug-likeness (QED) is 0.177. The second-order valence-electron chi connectivity index (χ2n) is 9.98. The molecule has 218 valence electrons. The summed E-state index contributed by atoms with van der Waals surface area (Å²) in [6, 6.07) is 20.1. The third kappa shape index (κ3) is 6.30. The Balaban J connectivity index is 1.42. The number of methoxy groups -OCH3 is 1. The van der Waals surface area contributed by atoms with Gasteiger partial charge in [0.1, 0.15) is 17.6 Å². The lowest BCUT2D eigenvalue weighted by atomic mass is 10.1. The maximum atomic E-state index is 14.1. The van der Waals surface area contributed by atoms with Gasteiger partial charge in [0.15, 0.2) is 0 Å². The van der Waals surface area contributed by atoms with Crippen LogP contribution in [0.5, 0.6) is 5.75 Å². The summed E-state index contributed by atoms with van der Waals surface area (Å²) in [5.74, 6) is -0.367. The minimum Gasteiger partial charge on any atom is -0.497 e. The van der Waals surface area contributed by atoms with Gasteiger partial charge in [0.25, 0.3) is 0 Å². The number of nitrogens with two attached hydrogens (primary N) is 1. The van der Waals surface area contributed by atoms with Crippen molar-refractivity contribution >= 4 is 49.8 Å². The Labute approximate surface area is 248 Å². The van der Waals surface area contributed by atoms with Crippen LogP contribution in [0.25, 0.3) is 10.8 Å². The molecule has 2 heterocycles. The zero-order valence-corrected chi connectivity index (χ0v) is 24.6. The molecule has 1 aromatic heterocycles. The molecule has 1 saturated heterocycles. The first kappa shape index (κ1) is 29.2. The molecule has 0 aliphatic carbocycles. The molecule has 1 aliphatic heterocycles. The summed E-state index contributed by atoms with van der Waals surface area (Å²) in [4.78, 5) is 28.9. The van der Waals surface area contributed by atoms with E-state index >= 15 is 0 Å². The predicted molar refractivity (Wildman–Crippen MR) is 162 cm³/mol. The molecule has 1 fully saturated rings. The van der Waals surface area contributed by atoms with E-state index in [-0.39, 0.29) is 36.1 Å². The number of thiophene rings is 1. The fourth-order valence-electron chi connectivity index (χ4n) is 4.95. The Kier molecular flexibility index (Phi) is 8.57. The van der Waals surface area contributed by atoms with Crippen LogP contribution in [0.15, 0.2) is 83.1 Å². The van der Waals surface area contributed by atoms with Gasteiger partial charge in [-0.3, -0.25) is 15.0 Å². The van der Waals surface area contributed by atoms with Crippen molar-refractivity contribution in [3.63, 3.8) is 0 Å². The van der Waals surface area contributed by atoms with E-state index in [1.165, 1.54) is 30.6 Å². The van der Waals surface area contributed by atoms with Gasteiger partial charge in [0, 0.05) is 19.6 Å². The summed E-state index contributed by atoms with van der Waals surface area (Å²) in [6.45, 7) is 0.289. The molecule has 0 bridgehead atoms. The molecule has 1 aliphatic rings. The fourth-order valence-corrected chi connectivity index (χ4v) is 7.32. The van der Waals surface area contributed by atoms with Crippen LogP contribution in [0.2, 0.25) is 0 Å². The molecule has 5 rings (SSSR count). The van der Waals surface area contributed by atoms with Gasteiger partial charge < -0.3 is 20.7 Å². The molecule has 2 amide bonds. The number of hydrogen-bond donors (Lipinski definition) is 3. The highest BCUT2D eigenvalue weighted by molar-refractivity contribution is 7.89. The SMILES string of the molecule is COc1ccc2ccc(S(=O)(=O)N(CC(=O)NCc3ccccc3)[C@H]3CCN(Cc4csc(C(=N)N)c4)C3=O)cc2c1. The third-order valence-electron chi connectivity index (χ3n) is 7.17. The largest absolute Gasteiger partial charge is 0.497 e. The third-order valence-corrected chi connectivity index (χ3v) is 10.0. The maximum absolute atomic E-state index is 14.1. The fraction of sp³-hybridized carbons (Fsp3) is 0.233. The summed E-state index contributed by atoms with van der Waals surface area (Å²) < 4.78 is 34.6. The van der Waals surface area contributed by atoms with Gasteiger partial charge in [-0.05, 0) is 64.0 Å². The molecule has 4 N–H and O–H groups in total. The molecule has 0 radical (unpaired) electrons. The number of hydrogen-bond acceptors (Lipinski definition) is 7. The number of carbonyl (C=O) groups excluding carboxylic acids is 2. The summed E-state index contributed by atoms with van der Waals surface area (Å²) in [5, 5.41) is 13.7. The first-order valence-electron chi connectivity index (χ1n) is 13.3. The Hall–Kier alpha value is -4.26. The Bertz CT molecular complexity index is 1740. The van der Waals surface area contributed by atoms with Crippen LogP contribution in [0.1, 0.15) is 22.4 Å². The van der Waals surface area contributed by atoms with E-state index in [2.05, 4.69) is 5.32 Å². The average Bonchev–Trinajstić information content (AvgIpc) is 3.61. The predicted octanol–water partition coefficient (Wildman–Crippen LogP) is 3.30. The number of nitrogens with one attached hydrogen (secondary N) is 2. The number of rotatable bonds is 11. The van der Waals surface area contributed by atoms with E-state index in [1.54, 1.807) is 29.2 Å². The molecule has 4 aromatic rings. The highest BCUT2D eigenvalue weighted by atomic mass is 32.2. The zero-order chi connectivity index (χ0) is 29.9. The minimum absolute atomic E-state index is 0.0192. The van der Waals surface area contributed by atoms with Crippen molar-refractivity contribution in [3.8, 4) is 5.75 Å². The number of amidine groups is 1. The smallest absolute Gasteiger partial charge is 0.244 e. The van der Waals surface area contributed by atoms with E-state index in [4.69, 9.17) is 15.9 Å². The van der Waals surface area contributed by atoms with Crippen LogP contribution < -0.4 is 15.8 Å². The summed E-state index contributed by atoms with van der Waals surface area (Å²) in [7, 11) is -2.73. The van der Waals surface area contributed by atoms with E-state index in [1.807, 2.05) is 41.8 Å². The van der Waals surface area contributed by atoms with E-state index in [9.17, 15) is 18.0 Å². The number of nitrogens with zero attached hydrogens (tertiary/aromatic N) is 2. The monoisotopic (exact) mass is 605 g/mol.